The summed E-state index contributed by atoms with van der Waals surface area (Å²) in [6.45, 7) is 7.38. The van der Waals surface area contributed by atoms with Crippen LogP contribution < -0.4 is 0 Å². The summed E-state index contributed by atoms with van der Waals surface area (Å²) in [6, 6.07) is 0. The number of nitrogens with zero attached hydrogens (tertiary/aromatic N) is 2. The minimum absolute atomic E-state index is 0.104. The Labute approximate surface area is 92.2 Å². The van der Waals surface area contributed by atoms with Crippen molar-refractivity contribution in [3.8, 4) is 0 Å². The first-order valence-electron chi connectivity index (χ1n) is 4.76. The van der Waals surface area contributed by atoms with Gasteiger partial charge in [0.1, 0.15) is 10.7 Å². The monoisotopic (exact) mass is 220 g/mol. The quantitative estimate of drug-likeness (QED) is 0.694. The SMILES string of the molecule is CC(=O)c1sc2nc(C)nc(C)c2c1C. The fourth-order valence-electron chi connectivity index (χ4n) is 1.81. The van der Waals surface area contributed by atoms with Crippen LogP contribution >= 0.6 is 11.3 Å². The van der Waals surface area contributed by atoms with E-state index < -0.39 is 0 Å². The molecule has 0 N–H and O–H groups in total. The summed E-state index contributed by atoms with van der Waals surface area (Å²) in [4.78, 5) is 21.8. The number of ketones is 1. The van der Waals surface area contributed by atoms with Crippen molar-refractivity contribution in [2.24, 2.45) is 0 Å². The van der Waals surface area contributed by atoms with Crippen molar-refractivity contribution in [3.63, 3.8) is 0 Å². The Balaban J connectivity index is 2.88. The Kier molecular flexibility index (Phi) is 2.31. The van der Waals surface area contributed by atoms with Crippen molar-refractivity contribution >= 4 is 27.3 Å². The normalized spacial score (nSPS) is 10.9. The van der Waals surface area contributed by atoms with Crippen LogP contribution in [-0.4, -0.2) is 15.8 Å². The summed E-state index contributed by atoms with van der Waals surface area (Å²) in [7, 11) is 0. The van der Waals surface area contributed by atoms with Gasteiger partial charge in [-0.05, 0) is 33.3 Å². The maximum absolute atomic E-state index is 11.4. The summed E-state index contributed by atoms with van der Waals surface area (Å²) >= 11 is 1.46. The molecule has 0 unspecified atom stereocenters. The smallest absolute Gasteiger partial charge is 0.170 e. The van der Waals surface area contributed by atoms with Crippen LogP contribution in [0.1, 0.15) is 33.7 Å². The zero-order valence-corrected chi connectivity index (χ0v) is 10.0. The molecular weight excluding hydrogens is 208 g/mol. The number of rotatable bonds is 1. The first-order valence-corrected chi connectivity index (χ1v) is 5.57. The topological polar surface area (TPSA) is 42.9 Å². The highest BCUT2D eigenvalue weighted by atomic mass is 32.1. The van der Waals surface area contributed by atoms with Gasteiger partial charge in [0.2, 0.25) is 0 Å². The number of hydrogen-bond acceptors (Lipinski definition) is 4. The second-order valence-corrected chi connectivity index (χ2v) is 4.65. The lowest BCUT2D eigenvalue weighted by atomic mass is 10.1. The van der Waals surface area contributed by atoms with Crippen LogP contribution in [0.2, 0.25) is 0 Å². The van der Waals surface area contributed by atoms with Gasteiger partial charge in [-0.1, -0.05) is 0 Å². The van der Waals surface area contributed by atoms with Gasteiger partial charge in [-0.15, -0.1) is 11.3 Å². The lowest BCUT2D eigenvalue weighted by Crippen LogP contribution is -1.92. The standard InChI is InChI=1S/C11H12N2OS/c1-5-9-6(2)12-8(4)13-11(9)15-10(5)7(3)14/h1-4H3. The van der Waals surface area contributed by atoms with Gasteiger partial charge in [0.05, 0.1) is 4.88 Å². The summed E-state index contributed by atoms with van der Waals surface area (Å²) in [6.07, 6.45) is 0. The number of aryl methyl sites for hydroxylation is 3. The number of carbonyl (C=O) groups excluding carboxylic acids is 1. The van der Waals surface area contributed by atoms with Crippen LogP contribution in [0, 0.1) is 20.8 Å². The molecule has 0 saturated carbocycles. The third-order valence-electron chi connectivity index (χ3n) is 2.40. The molecule has 2 aromatic rings. The van der Waals surface area contributed by atoms with Crippen LogP contribution in [0.4, 0.5) is 0 Å². The zero-order chi connectivity index (χ0) is 11.2. The van der Waals surface area contributed by atoms with E-state index in [1.165, 1.54) is 11.3 Å². The number of hydrogen-bond donors (Lipinski definition) is 0. The van der Waals surface area contributed by atoms with Crippen LogP contribution in [0.5, 0.6) is 0 Å². The summed E-state index contributed by atoms with van der Waals surface area (Å²) in [5.74, 6) is 0.865. The van der Waals surface area contributed by atoms with Crippen molar-refractivity contribution in [2.45, 2.75) is 27.7 Å². The largest absolute Gasteiger partial charge is 0.294 e. The molecule has 78 valence electrons. The molecule has 0 bridgehead atoms. The molecule has 0 aliphatic carbocycles. The third kappa shape index (κ3) is 1.55. The lowest BCUT2D eigenvalue weighted by Gasteiger charge is -1.98. The molecule has 0 aromatic carbocycles. The van der Waals surface area contributed by atoms with E-state index in [9.17, 15) is 4.79 Å². The molecule has 0 aliphatic rings. The Morgan fingerprint density at radius 2 is 1.87 bits per heavy atom. The number of Topliss-reactive ketones (excluding diaryl/α,β-unsaturated/α-hetero) is 1. The van der Waals surface area contributed by atoms with Crippen molar-refractivity contribution in [1.29, 1.82) is 0 Å². The Bertz CT molecular complexity index is 557. The van der Waals surface area contributed by atoms with E-state index >= 15 is 0 Å². The summed E-state index contributed by atoms with van der Waals surface area (Å²) < 4.78 is 0. The number of aromatic nitrogens is 2. The van der Waals surface area contributed by atoms with Crippen LogP contribution in [-0.2, 0) is 0 Å². The lowest BCUT2D eigenvalue weighted by molar-refractivity contribution is 0.102. The van der Waals surface area contributed by atoms with Crippen molar-refractivity contribution in [1.82, 2.24) is 9.97 Å². The minimum Gasteiger partial charge on any atom is -0.294 e. The molecule has 0 aliphatic heterocycles. The van der Waals surface area contributed by atoms with Crippen LogP contribution in [0.3, 0.4) is 0 Å². The van der Waals surface area contributed by atoms with Gasteiger partial charge >= 0.3 is 0 Å². The second kappa shape index (κ2) is 3.38. The van der Waals surface area contributed by atoms with E-state index in [4.69, 9.17) is 0 Å². The zero-order valence-electron chi connectivity index (χ0n) is 9.21. The molecule has 3 nitrogen and oxygen atoms in total. The van der Waals surface area contributed by atoms with Gasteiger partial charge in [0.15, 0.2) is 5.78 Å². The molecule has 2 rings (SSSR count). The maximum atomic E-state index is 11.4. The van der Waals surface area contributed by atoms with E-state index in [2.05, 4.69) is 9.97 Å². The predicted molar refractivity (Wildman–Crippen MR) is 61.6 cm³/mol. The molecule has 2 aromatic heterocycles. The summed E-state index contributed by atoms with van der Waals surface area (Å²) in [5.41, 5.74) is 1.97. The highest BCUT2D eigenvalue weighted by Crippen LogP contribution is 2.31. The van der Waals surface area contributed by atoms with Gasteiger partial charge in [0, 0.05) is 11.1 Å². The third-order valence-corrected chi connectivity index (χ3v) is 3.69. The highest BCUT2D eigenvalue weighted by Gasteiger charge is 2.15. The molecule has 0 spiro atoms. The molecule has 0 radical (unpaired) electrons. The second-order valence-electron chi connectivity index (χ2n) is 3.65. The van der Waals surface area contributed by atoms with E-state index in [0.29, 0.717) is 0 Å². The van der Waals surface area contributed by atoms with E-state index in [0.717, 1.165) is 32.2 Å². The fourth-order valence-corrected chi connectivity index (χ4v) is 2.98. The molecule has 0 amide bonds. The average Bonchev–Trinajstić information content (AvgIpc) is 2.42. The van der Waals surface area contributed by atoms with Crippen LogP contribution in [0.25, 0.3) is 10.2 Å². The van der Waals surface area contributed by atoms with E-state index in [1.54, 1.807) is 6.92 Å². The van der Waals surface area contributed by atoms with Gasteiger partial charge < -0.3 is 0 Å². The number of thiophene rings is 1. The Hall–Kier alpha value is -1.29. The molecule has 4 heteroatoms. The first kappa shape index (κ1) is 10.2. The van der Waals surface area contributed by atoms with Gasteiger partial charge in [-0.2, -0.15) is 0 Å². The first-order chi connectivity index (χ1) is 7.00. The minimum atomic E-state index is 0.104. The fraction of sp³-hybridized carbons (Fsp3) is 0.364. The summed E-state index contributed by atoms with van der Waals surface area (Å²) in [5, 5.41) is 1.04. The maximum Gasteiger partial charge on any atom is 0.170 e. The number of fused-ring (bicyclic) bond motifs is 1. The molecule has 0 atom stereocenters. The highest BCUT2D eigenvalue weighted by molar-refractivity contribution is 7.20. The molecule has 2 heterocycles. The molecule has 15 heavy (non-hydrogen) atoms. The number of carbonyl (C=O) groups is 1. The Morgan fingerprint density at radius 1 is 1.20 bits per heavy atom. The average molecular weight is 220 g/mol. The van der Waals surface area contributed by atoms with Gasteiger partial charge in [-0.25, -0.2) is 9.97 Å². The van der Waals surface area contributed by atoms with E-state index in [1.807, 2.05) is 20.8 Å². The van der Waals surface area contributed by atoms with Crippen LogP contribution in [0.15, 0.2) is 0 Å². The molecular formula is C11H12N2OS. The molecule has 0 saturated heterocycles. The van der Waals surface area contributed by atoms with Crippen molar-refractivity contribution in [2.75, 3.05) is 0 Å². The Morgan fingerprint density at radius 3 is 2.47 bits per heavy atom. The van der Waals surface area contributed by atoms with E-state index in [-0.39, 0.29) is 5.78 Å². The van der Waals surface area contributed by atoms with Crippen molar-refractivity contribution in [3.05, 3.63) is 22.0 Å². The van der Waals surface area contributed by atoms with Crippen molar-refractivity contribution < 1.29 is 4.79 Å². The predicted octanol–water partition coefficient (Wildman–Crippen LogP) is 2.82. The van der Waals surface area contributed by atoms with Gasteiger partial charge in [0.25, 0.3) is 0 Å². The van der Waals surface area contributed by atoms with Gasteiger partial charge in [-0.3, -0.25) is 4.79 Å². The molecule has 0 fully saturated rings.